The summed E-state index contributed by atoms with van der Waals surface area (Å²) in [7, 11) is 0. The van der Waals surface area contributed by atoms with E-state index in [0.717, 1.165) is 81.8 Å². The van der Waals surface area contributed by atoms with Gasteiger partial charge in [-0.3, -0.25) is 9.69 Å². The Morgan fingerprint density at radius 3 is 2.29 bits per heavy atom. The predicted octanol–water partition coefficient (Wildman–Crippen LogP) is 6.21. The predicted molar refractivity (Wildman–Crippen MR) is 163 cm³/mol. The molecule has 2 fully saturated rings. The van der Waals surface area contributed by atoms with Crippen molar-refractivity contribution < 1.29 is 14.3 Å². The molecule has 1 N–H and O–H groups in total. The zero-order chi connectivity index (χ0) is 28.6. The van der Waals surface area contributed by atoms with Crippen LogP contribution in [0.2, 0.25) is 10.0 Å². The molecule has 3 aromatic rings. The monoisotopic (exact) mass is 597 g/mol. The zero-order valence-electron chi connectivity index (χ0n) is 23.5. The van der Waals surface area contributed by atoms with E-state index in [1.54, 1.807) is 18.5 Å². The molecule has 0 aliphatic carbocycles. The van der Waals surface area contributed by atoms with Gasteiger partial charge in [-0.15, -0.1) is 0 Å². The van der Waals surface area contributed by atoms with Gasteiger partial charge in [-0.2, -0.15) is 0 Å². The number of carbonyl (C=O) groups excluding carboxylic acids is 1. The van der Waals surface area contributed by atoms with Crippen LogP contribution in [0.5, 0.6) is 11.5 Å². The minimum Gasteiger partial charge on any atom is -0.466 e. The molecule has 0 amide bonds. The van der Waals surface area contributed by atoms with Gasteiger partial charge in [0.15, 0.2) is 5.75 Å². The molecule has 1 aromatic heterocycles. The summed E-state index contributed by atoms with van der Waals surface area (Å²) in [6.45, 7) is 8.68. The molecule has 2 saturated heterocycles. The molecule has 218 valence electrons. The molecular formula is C31H37Cl2N5O3. The molecule has 10 heteroatoms. The standard InChI is InChI=1S/C31H37Cl2N5O3/c1-2-40-30(39)4-3-22-5-9-37(10-6-22)21-23-13-24(25-15-26(32)18-27(33)16-25)17-28(14-23)41-29-19-35-31(36-20-29)38-11-7-34-8-12-38/h13-20,22,34H,2-12,21H2,1H3. The molecule has 0 bridgehead atoms. The van der Waals surface area contributed by atoms with Gasteiger partial charge >= 0.3 is 5.97 Å². The summed E-state index contributed by atoms with van der Waals surface area (Å²) in [4.78, 5) is 25.5. The van der Waals surface area contributed by atoms with Crippen molar-refractivity contribution in [3.63, 3.8) is 0 Å². The van der Waals surface area contributed by atoms with Crippen LogP contribution < -0.4 is 15.0 Å². The fraction of sp³-hybridized carbons (Fsp3) is 0.452. The van der Waals surface area contributed by atoms with Crippen molar-refractivity contribution in [1.82, 2.24) is 20.2 Å². The molecule has 5 rings (SSSR count). The second kappa shape index (κ2) is 14.3. The number of aromatic nitrogens is 2. The highest BCUT2D eigenvalue weighted by Gasteiger charge is 2.21. The summed E-state index contributed by atoms with van der Waals surface area (Å²) >= 11 is 12.7. The Kier molecular flexibility index (Phi) is 10.3. The Hall–Kier alpha value is -2.91. The maximum Gasteiger partial charge on any atom is 0.305 e. The number of esters is 1. The lowest BCUT2D eigenvalue weighted by molar-refractivity contribution is -0.143. The van der Waals surface area contributed by atoms with Crippen LogP contribution >= 0.6 is 23.2 Å². The van der Waals surface area contributed by atoms with Crippen LogP contribution in [0.4, 0.5) is 5.95 Å². The van der Waals surface area contributed by atoms with Gasteiger partial charge < -0.3 is 19.7 Å². The molecule has 2 aromatic carbocycles. The van der Waals surface area contributed by atoms with E-state index >= 15 is 0 Å². The van der Waals surface area contributed by atoms with Crippen molar-refractivity contribution in [3.8, 4) is 22.6 Å². The molecule has 0 radical (unpaired) electrons. The smallest absolute Gasteiger partial charge is 0.305 e. The molecule has 3 heterocycles. The SMILES string of the molecule is CCOC(=O)CCC1CCN(Cc2cc(Oc3cnc(N4CCNCC4)nc3)cc(-c3cc(Cl)cc(Cl)c3)c2)CC1. The van der Waals surface area contributed by atoms with Crippen molar-refractivity contribution in [2.24, 2.45) is 5.92 Å². The van der Waals surface area contributed by atoms with Crippen molar-refractivity contribution in [2.45, 2.75) is 39.2 Å². The number of ether oxygens (including phenoxy) is 2. The van der Waals surface area contributed by atoms with Crippen LogP contribution in [0.1, 0.15) is 38.2 Å². The zero-order valence-corrected chi connectivity index (χ0v) is 25.0. The minimum absolute atomic E-state index is 0.0933. The van der Waals surface area contributed by atoms with E-state index in [9.17, 15) is 4.79 Å². The number of piperazine rings is 1. The molecule has 2 aliphatic heterocycles. The van der Waals surface area contributed by atoms with Crippen LogP contribution in [0.3, 0.4) is 0 Å². The largest absolute Gasteiger partial charge is 0.466 e. The summed E-state index contributed by atoms with van der Waals surface area (Å²) in [6.07, 6.45) is 7.00. The molecule has 0 atom stereocenters. The van der Waals surface area contributed by atoms with Crippen LogP contribution in [0.15, 0.2) is 48.8 Å². The van der Waals surface area contributed by atoms with E-state index in [0.29, 0.717) is 46.4 Å². The van der Waals surface area contributed by atoms with Gasteiger partial charge in [-0.05, 0) is 98.3 Å². The number of halogens is 2. The van der Waals surface area contributed by atoms with Gasteiger partial charge in [0, 0.05) is 49.2 Å². The number of benzene rings is 2. The summed E-state index contributed by atoms with van der Waals surface area (Å²) in [5.41, 5.74) is 3.04. The maximum atomic E-state index is 11.8. The van der Waals surface area contributed by atoms with E-state index in [1.807, 2.05) is 25.1 Å². The van der Waals surface area contributed by atoms with Gasteiger partial charge in [0.2, 0.25) is 5.95 Å². The number of nitrogens with zero attached hydrogens (tertiary/aromatic N) is 4. The van der Waals surface area contributed by atoms with E-state index in [4.69, 9.17) is 32.7 Å². The third kappa shape index (κ3) is 8.55. The normalized spacial score (nSPS) is 16.5. The van der Waals surface area contributed by atoms with E-state index in [1.165, 1.54) is 0 Å². The fourth-order valence-electron chi connectivity index (χ4n) is 5.47. The summed E-state index contributed by atoms with van der Waals surface area (Å²) in [5.74, 6) is 2.46. The van der Waals surface area contributed by atoms with Gasteiger partial charge in [-0.25, -0.2) is 9.97 Å². The van der Waals surface area contributed by atoms with Crippen molar-refractivity contribution in [1.29, 1.82) is 0 Å². The fourth-order valence-corrected chi connectivity index (χ4v) is 6.00. The molecular weight excluding hydrogens is 561 g/mol. The third-order valence-corrected chi connectivity index (χ3v) is 8.02. The summed E-state index contributed by atoms with van der Waals surface area (Å²) in [6, 6.07) is 11.8. The Labute approximate surface area is 252 Å². The Morgan fingerprint density at radius 1 is 0.927 bits per heavy atom. The van der Waals surface area contributed by atoms with Gasteiger partial charge in [0.25, 0.3) is 0 Å². The number of likely N-dealkylation sites (tertiary alicyclic amines) is 1. The third-order valence-electron chi connectivity index (χ3n) is 7.59. The lowest BCUT2D eigenvalue weighted by Gasteiger charge is -2.32. The van der Waals surface area contributed by atoms with Crippen LogP contribution in [0.25, 0.3) is 11.1 Å². The van der Waals surface area contributed by atoms with Crippen LogP contribution in [-0.4, -0.2) is 66.7 Å². The first kappa shape index (κ1) is 29.6. The van der Waals surface area contributed by atoms with Gasteiger partial charge in [-0.1, -0.05) is 23.2 Å². The second-order valence-electron chi connectivity index (χ2n) is 10.6. The Morgan fingerprint density at radius 2 is 1.61 bits per heavy atom. The van der Waals surface area contributed by atoms with Crippen LogP contribution in [0, 0.1) is 5.92 Å². The number of anilines is 1. The van der Waals surface area contributed by atoms with E-state index in [2.05, 4.69) is 37.2 Å². The average molecular weight is 599 g/mol. The topological polar surface area (TPSA) is 79.8 Å². The summed E-state index contributed by atoms with van der Waals surface area (Å²) in [5, 5.41) is 4.52. The maximum absolute atomic E-state index is 11.8. The van der Waals surface area contributed by atoms with Crippen molar-refractivity contribution >= 4 is 35.1 Å². The van der Waals surface area contributed by atoms with Crippen molar-refractivity contribution in [2.75, 3.05) is 50.8 Å². The molecule has 0 saturated carbocycles. The molecule has 8 nitrogen and oxygen atoms in total. The first-order valence-electron chi connectivity index (χ1n) is 14.4. The minimum atomic E-state index is -0.0933. The highest BCUT2D eigenvalue weighted by molar-refractivity contribution is 6.35. The number of piperidine rings is 1. The number of hydrogen-bond donors (Lipinski definition) is 1. The molecule has 0 unspecified atom stereocenters. The number of carbonyl (C=O) groups is 1. The first-order valence-corrected chi connectivity index (χ1v) is 15.1. The Balaban J connectivity index is 1.29. The van der Waals surface area contributed by atoms with E-state index < -0.39 is 0 Å². The quantitative estimate of drug-likeness (QED) is 0.276. The number of rotatable bonds is 10. The average Bonchev–Trinajstić information content (AvgIpc) is 2.97. The highest BCUT2D eigenvalue weighted by Crippen LogP contribution is 2.33. The molecule has 0 spiro atoms. The second-order valence-corrected chi connectivity index (χ2v) is 11.5. The molecule has 41 heavy (non-hydrogen) atoms. The van der Waals surface area contributed by atoms with Gasteiger partial charge in [0.1, 0.15) is 5.75 Å². The van der Waals surface area contributed by atoms with Crippen molar-refractivity contribution in [3.05, 3.63) is 64.4 Å². The Bertz CT molecular complexity index is 1290. The lowest BCUT2D eigenvalue weighted by Crippen LogP contribution is -2.44. The summed E-state index contributed by atoms with van der Waals surface area (Å²) < 4.78 is 11.4. The van der Waals surface area contributed by atoms with Crippen LogP contribution in [-0.2, 0) is 16.1 Å². The lowest BCUT2D eigenvalue weighted by atomic mass is 9.92. The highest BCUT2D eigenvalue weighted by atomic mass is 35.5. The molecule has 2 aliphatic rings. The number of nitrogens with one attached hydrogen (secondary N) is 1. The first-order chi connectivity index (χ1) is 19.9. The van der Waals surface area contributed by atoms with Gasteiger partial charge in [0.05, 0.1) is 19.0 Å². The van der Waals surface area contributed by atoms with E-state index in [-0.39, 0.29) is 5.97 Å². The number of hydrogen-bond acceptors (Lipinski definition) is 8.